The predicted octanol–water partition coefficient (Wildman–Crippen LogP) is 4.36. The molecule has 0 amide bonds. The van der Waals surface area contributed by atoms with Crippen molar-refractivity contribution < 1.29 is 17.9 Å². The standard InChI is InChI=1S/C16H23F3N2O/c1-10-5-6-12-11(7-10)8-13(22-9-16(17,18)19)20-14(12)21-15(2,3)4/h8,10H,5-7,9H2,1-4H3,(H,20,21). The Hall–Kier alpha value is -1.46. The van der Waals surface area contributed by atoms with E-state index in [2.05, 4.69) is 17.2 Å². The maximum Gasteiger partial charge on any atom is 0.422 e. The highest BCUT2D eigenvalue weighted by atomic mass is 19.4. The molecule has 3 nitrogen and oxygen atoms in total. The van der Waals surface area contributed by atoms with Crippen LogP contribution in [0.4, 0.5) is 19.0 Å². The quantitative estimate of drug-likeness (QED) is 0.900. The van der Waals surface area contributed by atoms with Gasteiger partial charge in [0, 0.05) is 11.6 Å². The summed E-state index contributed by atoms with van der Waals surface area (Å²) in [5.74, 6) is 1.21. The van der Waals surface area contributed by atoms with Crippen molar-refractivity contribution in [2.45, 2.75) is 58.7 Å². The first-order chi connectivity index (χ1) is 10.0. The van der Waals surface area contributed by atoms with Gasteiger partial charge in [-0.3, -0.25) is 0 Å². The van der Waals surface area contributed by atoms with Gasteiger partial charge in [-0.05, 0) is 57.1 Å². The highest BCUT2D eigenvalue weighted by Gasteiger charge is 2.29. The molecule has 1 aliphatic rings. The van der Waals surface area contributed by atoms with Gasteiger partial charge in [-0.2, -0.15) is 18.2 Å². The van der Waals surface area contributed by atoms with Gasteiger partial charge in [0.2, 0.25) is 5.88 Å². The fraction of sp³-hybridized carbons (Fsp3) is 0.688. The number of aromatic nitrogens is 1. The smallest absolute Gasteiger partial charge is 0.422 e. The molecule has 124 valence electrons. The summed E-state index contributed by atoms with van der Waals surface area (Å²) >= 11 is 0. The Morgan fingerprint density at radius 2 is 2.00 bits per heavy atom. The molecule has 0 fully saturated rings. The first kappa shape index (κ1) is 16.9. The summed E-state index contributed by atoms with van der Waals surface area (Å²) in [5.41, 5.74) is 1.93. The second-order valence-electron chi connectivity index (χ2n) is 7.07. The summed E-state index contributed by atoms with van der Waals surface area (Å²) in [7, 11) is 0. The van der Waals surface area contributed by atoms with Crippen LogP contribution in [0, 0.1) is 5.92 Å². The zero-order valence-corrected chi connectivity index (χ0v) is 13.5. The molecule has 1 atom stereocenters. The molecule has 0 spiro atoms. The van der Waals surface area contributed by atoms with Gasteiger partial charge in [0.1, 0.15) is 5.82 Å². The average molecular weight is 316 g/mol. The first-order valence-corrected chi connectivity index (χ1v) is 7.54. The molecule has 2 rings (SSSR count). The molecule has 6 heteroatoms. The van der Waals surface area contributed by atoms with Crippen LogP contribution in [-0.4, -0.2) is 23.3 Å². The third kappa shape index (κ3) is 4.78. The minimum absolute atomic E-state index is 0.0388. The third-order valence-corrected chi connectivity index (χ3v) is 3.53. The summed E-state index contributed by atoms with van der Waals surface area (Å²) in [5, 5.41) is 3.29. The van der Waals surface area contributed by atoms with E-state index in [0.29, 0.717) is 11.7 Å². The third-order valence-electron chi connectivity index (χ3n) is 3.53. The topological polar surface area (TPSA) is 34.1 Å². The normalized spacial score (nSPS) is 18.8. The SMILES string of the molecule is CC1CCc2c(cc(OCC(F)(F)F)nc2NC(C)(C)C)C1. The number of nitrogens with one attached hydrogen (secondary N) is 1. The van der Waals surface area contributed by atoms with Crippen molar-refractivity contribution >= 4 is 5.82 Å². The van der Waals surface area contributed by atoms with Crippen LogP contribution in [0.1, 0.15) is 45.2 Å². The fourth-order valence-corrected chi connectivity index (χ4v) is 2.62. The number of hydrogen-bond acceptors (Lipinski definition) is 3. The molecule has 1 unspecified atom stereocenters. The van der Waals surface area contributed by atoms with Crippen molar-refractivity contribution in [3.05, 3.63) is 17.2 Å². The summed E-state index contributed by atoms with van der Waals surface area (Å²) in [6.45, 7) is 6.82. The van der Waals surface area contributed by atoms with E-state index < -0.39 is 12.8 Å². The Morgan fingerprint density at radius 1 is 1.32 bits per heavy atom. The van der Waals surface area contributed by atoms with Crippen molar-refractivity contribution in [1.82, 2.24) is 4.98 Å². The summed E-state index contributed by atoms with van der Waals surface area (Å²) in [6.07, 6.45) is -1.56. The van der Waals surface area contributed by atoms with E-state index in [1.54, 1.807) is 6.07 Å². The van der Waals surface area contributed by atoms with E-state index in [1.165, 1.54) is 0 Å². The monoisotopic (exact) mass is 316 g/mol. The number of rotatable bonds is 3. The molecule has 1 aliphatic carbocycles. The van der Waals surface area contributed by atoms with Crippen LogP contribution in [-0.2, 0) is 12.8 Å². The number of fused-ring (bicyclic) bond motifs is 1. The van der Waals surface area contributed by atoms with Crippen molar-refractivity contribution in [3.63, 3.8) is 0 Å². The largest absolute Gasteiger partial charge is 0.468 e. The Kier molecular flexibility index (Phi) is 4.59. The maximum atomic E-state index is 12.3. The van der Waals surface area contributed by atoms with E-state index in [-0.39, 0.29) is 11.4 Å². The van der Waals surface area contributed by atoms with Crippen molar-refractivity contribution in [1.29, 1.82) is 0 Å². The molecule has 0 aliphatic heterocycles. The first-order valence-electron chi connectivity index (χ1n) is 7.54. The number of pyridine rings is 1. The summed E-state index contributed by atoms with van der Waals surface area (Å²) in [4.78, 5) is 4.27. The Labute approximate surface area is 129 Å². The van der Waals surface area contributed by atoms with Gasteiger partial charge < -0.3 is 10.1 Å². The minimum Gasteiger partial charge on any atom is -0.468 e. The highest BCUT2D eigenvalue weighted by Crippen LogP contribution is 2.33. The number of anilines is 1. The summed E-state index contributed by atoms with van der Waals surface area (Å²) in [6, 6.07) is 1.66. The van der Waals surface area contributed by atoms with Gasteiger partial charge in [-0.25, -0.2) is 0 Å². The second kappa shape index (κ2) is 5.97. The van der Waals surface area contributed by atoms with Crippen LogP contribution in [0.15, 0.2) is 6.07 Å². The number of alkyl halides is 3. The van der Waals surface area contributed by atoms with E-state index in [1.807, 2.05) is 20.8 Å². The van der Waals surface area contributed by atoms with E-state index in [9.17, 15) is 13.2 Å². The van der Waals surface area contributed by atoms with Crippen LogP contribution in [0.25, 0.3) is 0 Å². The zero-order valence-electron chi connectivity index (χ0n) is 13.5. The molecule has 1 aromatic rings. The van der Waals surface area contributed by atoms with Gasteiger partial charge in [-0.15, -0.1) is 0 Å². The second-order valence-corrected chi connectivity index (χ2v) is 7.07. The molecule has 0 radical (unpaired) electrons. The fourth-order valence-electron chi connectivity index (χ4n) is 2.62. The van der Waals surface area contributed by atoms with Gasteiger partial charge >= 0.3 is 6.18 Å². The average Bonchev–Trinajstić information content (AvgIpc) is 2.33. The molecular weight excluding hydrogens is 293 g/mol. The minimum atomic E-state index is -4.36. The molecule has 1 N–H and O–H groups in total. The van der Waals surface area contributed by atoms with Crippen molar-refractivity contribution in [3.8, 4) is 5.88 Å². The van der Waals surface area contributed by atoms with E-state index >= 15 is 0 Å². The zero-order chi connectivity index (χ0) is 16.5. The molecule has 22 heavy (non-hydrogen) atoms. The Morgan fingerprint density at radius 3 is 2.59 bits per heavy atom. The Balaban J connectivity index is 2.32. The molecule has 1 aromatic heterocycles. The molecule has 0 bridgehead atoms. The van der Waals surface area contributed by atoms with Crippen LogP contribution in [0.5, 0.6) is 5.88 Å². The Bertz CT molecular complexity index is 535. The molecular formula is C16H23F3N2O. The van der Waals surface area contributed by atoms with E-state index in [4.69, 9.17) is 4.74 Å². The van der Waals surface area contributed by atoms with Crippen LogP contribution in [0.2, 0.25) is 0 Å². The number of nitrogens with zero attached hydrogens (tertiary/aromatic N) is 1. The van der Waals surface area contributed by atoms with Crippen LogP contribution >= 0.6 is 0 Å². The molecule has 0 aromatic carbocycles. The molecule has 1 heterocycles. The molecule has 0 saturated heterocycles. The van der Waals surface area contributed by atoms with Crippen LogP contribution in [0.3, 0.4) is 0 Å². The van der Waals surface area contributed by atoms with Gasteiger partial charge in [0.05, 0.1) is 0 Å². The lowest BCUT2D eigenvalue weighted by atomic mass is 9.85. The predicted molar refractivity (Wildman–Crippen MR) is 80.4 cm³/mol. The van der Waals surface area contributed by atoms with Gasteiger partial charge in [0.25, 0.3) is 0 Å². The van der Waals surface area contributed by atoms with Gasteiger partial charge in [-0.1, -0.05) is 6.92 Å². The van der Waals surface area contributed by atoms with Crippen molar-refractivity contribution in [2.24, 2.45) is 5.92 Å². The van der Waals surface area contributed by atoms with Crippen LogP contribution < -0.4 is 10.1 Å². The maximum absolute atomic E-state index is 12.3. The number of ether oxygens (including phenoxy) is 1. The van der Waals surface area contributed by atoms with Crippen molar-refractivity contribution in [2.75, 3.05) is 11.9 Å². The van der Waals surface area contributed by atoms with E-state index in [0.717, 1.165) is 30.4 Å². The molecule has 0 saturated carbocycles. The summed E-state index contributed by atoms with van der Waals surface area (Å²) < 4.78 is 41.9. The highest BCUT2D eigenvalue weighted by molar-refractivity contribution is 5.53. The lowest BCUT2D eigenvalue weighted by Gasteiger charge is -2.28. The lowest BCUT2D eigenvalue weighted by molar-refractivity contribution is -0.154. The number of halogens is 3. The number of hydrogen-bond donors (Lipinski definition) is 1. The van der Waals surface area contributed by atoms with Gasteiger partial charge in [0.15, 0.2) is 6.61 Å². The lowest BCUT2D eigenvalue weighted by Crippen LogP contribution is -2.29.